The summed E-state index contributed by atoms with van der Waals surface area (Å²) in [6.45, 7) is 0. The van der Waals surface area contributed by atoms with Gasteiger partial charge in [-0.25, -0.2) is 9.97 Å². The smallest absolute Gasteiger partial charge is 0.160 e. The Labute approximate surface area is 331 Å². The number of para-hydroxylation sites is 2. The van der Waals surface area contributed by atoms with Crippen molar-refractivity contribution < 1.29 is 4.42 Å². The van der Waals surface area contributed by atoms with Crippen molar-refractivity contribution in [3.63, 3.8) is 0 Å². The van der Waals surface area contributed by atoms with Crippen LogP contribution in [0.3, 0.4) is 0 Å². The van der Waals surface area contributed by atoms with Crippen LogP contribution in [0.15, 0.2) is 192 Å². The van der Waals surface area contributed by atoms with Crippen LogP contribution in [-0.4, -0.2) is 14.5 Å². The third kappa shape index (κ3) is 5.13. The van der Waals surface area contributed by atoms with Crippen LogP contribution in [0.4, 0.5) is 0 Å². The van der Waals surface area contributed by atoms with Crippen molar-refractivity contribution in [2.24, 2.45) is 0 Å². The molecule has 0 unspecified atom stereocenters. The molecule has 4 heterocycles. The molecule has 57 heavy (non-hydrogen) atoms. The molecule has 0 radical (unpaired) electrons. The predicted molar refractivity (Wildman–Crippen MR) is 238 cm³/mol. The van der Waals surface area contributed by atoms with Crippen molar-refractivity contribution >= 4 is 75.3 Å². The number of benzene rings is 8. The molecule has 0 amide bonds. The first-order valence-corrected chi connectivity index (χ1v) is 20.0. The van der Waals surface area contributed by atoms with E-state index in [1.807, 2.05) is 29.5 Å². The molecule has 0 aliphatic heterocycles. The Balaban J connectivity index is 1.07. The number of rotatable bonds is 5. The van der Waals surface area contributed by atoms with Crippen molar-refractivity contribution in [3.8, 4) is 50.7 Å². The number of thiophene rings is 1. The minimum absolute atomic E-state index is 0.687. The summed E-state index contributed by atoms with van der Waals surface area (Å²) in [6.07, 6.45) is 0. The highest BCUT2D eigenvalue weighted by molar-refractivity contribution is 7.25. The van der Waals surface area contributed by atoms with E-state index in [1.54, 1.807) is 0 Å². The number of furan rings is 1. The zero-order valence-electron chi connectivity index (χ0n) is 30.6. The second-order valence-electron chi connectivity index (χ2n) is 14.6. The van der Waals surface area contributed by atoms with E-state index in [0.717, 1.165) is 77.9 Å². The second kappa shape index (κ2) is 12.6. The molecule has 0 fully saturated rings. The van der Waals surface area contributed by atoms with E-state index in [1.165, 1.54) is 30.9 Å². The number of nitrogens with zero attached hydrogens (tertiary/aromatic N) is 3. The van der Waals surface area contributed by atoms with Crippen LogP contribution in [-0.2, 0) is 0 Å². The number of hydrogen-bond donors (Lipinski definition) is 0. The van der Waals surface area contributed by atoms with Gasteiger partial charge in [-0.1, -0.05) is 121 Å². The van der Waals surface area contributed by atoms with Crippen LogP contribution < -0.4 is 0 Å². The molecule has 12 aromatic rings. The molecule has 0 atom stereocenters. The lowest BCUT2D eigenvalue weighted by atomic mass is 10.0. The Kier molecular flexibility index (Phi) is 7.06. The predicted octanol–water partition coefficient (Wildman–Crippen LogP) is 14.5. The molecular weight excluding hydrogens is 715 g/mol. The Morgan fingerprint density at radius 3 is 1.96 bits per heavy atom. The van der Waals surface area contributed by atoms with Gasteiger partial charge in [-0.3, -0.25) is 0 Å². The largest absolute Gasteiger partial charge is 0.456 e. The van der Waals surface area contributed by atoms with E-state index in [0.29, 0.717) is 5.82 Å². The summed E-state index contributed by atoms with van der Waals surface area (Å²) < 4.78 is 11.3. The molecule has 5 heteroatoms. The Morgan fingerprint density at radius 1 is 0.386 bits per heavy atom. The summed E-state index contributed by atoms with van der Waals surface area (Å²) in [5.41, 5.74) is 12.2. The summed E-state index contributed by atoms with van der Waals surface area (Å²) >= 11 is 1.83. The van der Waals surface area contributed by atoms with Gasteiger partial charge in [0.25, 0.3) is 0 Å². The van der Waals surface area contributed by atoms with Crippen molar-refractivity contribution in [1.29, 1.82) is 0 Å². The maximum absolute atomic E-state index is 6.35. The molecule has 0 bridgehead atoms. The molecule has 0 saturated heterocycles. The fourth-order valence-electron chi connectivity index (χ4n) is 8.58. The lowest BCUT2D eigenvalue weighted by Crippen LogP contribution is -1.98. The van der Waals surface area contributed by atoms with Crippen LogP contribution in [0.1, 0.15) is 0 Å². The Bertz CT molecular complexity index is 3540. The Hall–Kier alpha value is -7.34. The van der Waals surface area contributed by atoms with Gasteiger partial charge in [0.2, 0.25) is 0 Å². The van der Waals surface area contributed by atoms with E-state index in [4.69, 9.17) is 14.4 Å². The average Bonchev–Trinajstić information content (AvgIpc) is 3.96. The van der Waals surface area contributed by atoms with Gasteiger partial charge in [-0.2, -0.15) is 0 Å². The molecule has 0 N–H and O–H groups in total. The fourth-order valence-corrected chi connectivity index (χ4v) is 9.67. The minimum atomic E-state index is 0.687. The summed E-state index contributed by atoms with van der Waals surface area (Å²) in [7, 11) is 0. The normalized spacial score (nSPS) is 11.9. The SMILES string of the molecule is c1ccc(-c2cccc(-c3nc(-c4cccc(-n5c6ccccc6c6c7c(ccc65)oc5ccccc57)c4)cc(-c4ccc5sc6ccccc6c5c4)n3)c2)cc1. The second-order valence-corrected chi connectivity index (χ2v) is 15.6. The van der Waals surface area contributed by atoms with Crippen LogP contribution >= 0.6 is 11.3 Å². The topological polar surface area (TPSA) is 43.9 Å². The summed E-state index contributed by atoms with van der Waals surface area (Å²) in [5.74, 6) is 0.687. The van der Waals surface area contributed by atoms with Crippen molar-refractivity contribution in [1.82, 2.24) is 14.5 Å². The first-order valence-electron chi connectivity index (χ1n) is 19.1. The lowest BCUT2D eigenvalue weighted by molar-refractivity contribution is 0.669. The van der Waals surface area contributed by atoms with Crippen LogP contribution in [0.25, 0.3) is 115 Å². The van der Waals surface area contributed by atoms with Crippen LogP contribution in [0.5, 0.6) is 0 Å². The highest BCUT2D eigenvalue weighted by Crippen LogP contribution is 2.42. The van der Waals surface area contributed by atoms with E-state index in [-0.39, 0.29) is 0 Å². The quantitative estimate of drug-likeness (QED) is 0.176. The summed E-state index contributed by atoms with van der Waals surface area (Å²) in [6, 6.07) is 66.6. The van der Waals surface area contributed by atoms with E-state index in [2.05, 4.69) is 174 Å². The van der Waals surface area contributed by atoms with Crippen molar-refractivity contribution in [2.75, 3.05) is 0 Å². The van der Waals surface area contributed by atoms with E-state index < -0.39 is 0 Å². The van der Waals surface area contributed by atoms with E-state index >= 15 is 0 Å². The van der Waals surface area contributed by atoms with Crippen LogP contribution in [0, 0.1) is 0 Å². The molecule has 0 spiro atoms. The third-order valence-corrected chi connectivity index (χ3v) is 12.4. The average molecular weight is 746 g/mol. The highest BCUT2D eigenvalue weighted by Gasteiger charge is 2.20. The molecule has 0 saturated carbocycles. The fraction of sp³-hybridized carbons (Fsp3) is 0. The van der Waals surface area contributed by atoms with Gasteiger partial charge in [0.1, 0.15) is 11.2 Å². The van der Waals surface area contributed by atoms with Gasteiger partial charge >= 0.3 is 0 Å². The number of fused-ring (bicyclic) bond motifs is 10. The maximum atomic E-state index is 6.35. The van der Waals surface area contributed by atoms with E-state index in [9.17, 15) is 0 Å². The van der Waals surface area contributed by atoms with Gasteiger partial charge in [0.15, 0.2) is 5.82 Å². The van der Waals surface area contributed by atoms with Crippen molar-refractivity contribution in [2.45, 2.75) is 0 Å². The molecule has 4 nitrogen and oxygen atoms in total. The Morgan fingerprint density at radius 2 is 1.07 bits per heavy atom. The van der Waals surface area contributed by atoms with Gasteiger partial charge < -0.3 is 8.98 Å². The first-order chi connectivity index (χ1) is 28.2. The monoisotopic (exact) mass is 745 g/mol. The molecule has 12 rings (SSSR count). The highest BCUT2D eigenvalue weighted by atomic mass is 32.1. The molecule has 0 aliphatic rings. The minimum Gasteiger partial charge on any atom is -0.456 e. The van der Waals surface area contributed by atoms with Gasteiger partial charge in [-0.15, -0.1) is 11.3 Å². The standard InChI is InChI=1S/C52H31N3OS/c1-2-12-32(13-3-1)33-14-10-16-36(28-33)52-53-42(31-43(54-52)35-24-27-49-41(30-35)38-18-6-9-23-48(38)57-49)34-15-11-17-37(29-34)55-44-21-7-4-19-39(44)50-45(55)25-26-47-51(50)40-20-5-8-22-46(40)56-47/h1-31H. The number of aromatic nitrogens is 3. The molecule has 0 aliphatic carbocycles. The lowest BCUT2D eigenvalue weighted by Gasteiger charge is -2.13. The molecule has 4 aromatic heterocycles. The summed E-state index contributed by atoms with van der Waals surface area (Å²) in [4.78, 5) is 10.6. The summed E-state index contributed by atoms with van der Waals surface area (Å²) in [5, 5.41) is 7.17. The van der Waals surface area contributed by atoms with Gasteiger partial charge in [0, 0.05) is 64.1 Å². The maximum Gasteiger partial charge on any atom is 0.160 e. The molecular formula is C52H31N3OS. The van der Waals surface area contributed by atoms with Crippen molar-refractivity contribution in [3.05, 3.63) is 188 Å². The molecule has 8 aromatic carbocycles. The third-order valence-electron chi connectivity index (χ3n) is 11.2. The zero-order valence-corrected chi connectivity index (χ0v) is 31.4. The van der Waals surface area contributed by atoms with Crippen LogP contribution in [0.2, 0.25) is 0 Å². The number of hydrogen-bond acceptors (Lipinski definition) is 4. The first kappa shape index (κ1) is 32.0. The van der Waals surface area contributed by atoms with Gasteiger partial charge in [0.05, 0.1) is 22.4 Å². The van der Waals surface area contributed by atoms with Gasteiger partial charge in [-0.05, 0) is 77.9 Å². The molecule has 266 valence electrons. The zero-order chi connectivity index (χ0) is 37.5.